The molecule has 0 spiro atoms. The minimum absolute atomic E-state index is 0. The lowest BCUT2D eigenvalue weighted by atomic mass is 10.2. The third kappa shape index (κ3) is 6.95. The SMILES string of the molecule is COCC(C)NC(N)=NCc1ccccc1OC1CCCC1.I. The second-order valence-corrected chi connectivity index (χ2v) is 5.83. The fourth-order valence-electron chi connectivity index (χ4n) is 2.70. The highest BCUT2D eigenvalue weighted by Crippen LogP contribution is 2.26. The lowest BCUT2D eigenvalue weighted by Gasteiger charge is -2.16. The number of guanidine groups is 1. The fraction of sp³-hybridized carbons (Fsp3) is 0.588. The zero-order chi connectivity index (χ0) is 15.8. The normalized spacial score (nSPS) is 16.7. The number of methoxy groups -OCH3 is 1. The molecule has 0 bridgehead atoms. The molecule has 0 amide bonds. The van der Waals surface area contributed by atoms with Crippen molar-refractivity contribution in [1.29, 1.82) is 0 Å². The summed E-state index contributed by atoms with van der Waals surface area (Å²) in [5, 5.41) is 3.11. The van der Waals surface area contributed by atoms with E-state index in [-0.39, 0.29) is 30.0 Å². The number of hydrogen-bond acceptors (Lipinski definition) is 3. The Hall–Kier alpha value is -1.02. The van der Waals surface area contributed by atoms with Crippen molar-refractivity contribution in [2.75, 3.05) is 13.7 Å². The summed E-state index contributed by atoms with van der Waals surface area (Å²) in [4.78, 5) is 4.40. The smallest absolute Gasteiger partial charge is 0.189 e. The molecule has 23 heavy (non-hydrogen) atoms. The summed E-state index contributed by atoms with van der Waals surface area (Å²) in [7, 11) is 1.67. The largest absolute Gasteiger partial charge is 0.490 e. The summed E-state index contributed by atoms with van der Waals surface area (Å²) in [6.45, 7) is 3.11. The molecule has 130 valence electrons. The molecular formula is C17H28IN3O2. The lowest BCUT2D eigenvalue weighted by Crippen LogP contribution is -2.40. The van der Waals surface area contributed by atoms with Crippen LogP contribution in [0.15, 0.2) is 29.3 Å². The van der Waals surface area contributed by atoms with Gasteiger partial charge >= 0.3 is 0 Å². The average Bonchev–Trinajstić information content (AvgIpc) is 2.99. The van der Waals surface area contributed by atoms with Gasteiger partial charge in [0, 0.05) is 18.7 Å². The predicted molar refractivity (Wildman–Crippen MR) is 105 cm³/mol. The summed E-state index contributed by atoms with van der Waals surface area (Å²) >= 11 is 0. The summed E-state index contributed by atoms with van der Waals surface area (Å²) in [6, 6.07) is 8.20. The van der Waals surface area contributed by atoms with Crippen LogP contribution in [-0.2, 0) is 11.3 Å². The van der Waals surface area contributed by atoms with Crippen LogP contribution in [0, 0.1) is 0 Å². The number of nitrogens with zero attached hydrogens (tertiary/aromatic N) is 1. The van der Waals surface area contributed by atoms with Gasteiger partial charge in [0.1, 0.15) is 5.75 Å². The Labute approximate surface area is 156 Å². The Balaban J connectivity index is 0.00000264. The standard InChI is InChI=1S/C17H27N3O2.HI/c1-13(12-21-2)20-17(18)19-11-14-7-3-6-10-16(14)22-15-8-4-5-9-15;/h3,6-7,10,13,15H,4-5,8-9,11-12H2,1-2H3,(H3,18,19,20);1H. The first-order valence-electron chi connectivity index (χ1n) is 7.99. The highest BCUT2D eigenvalue weighted by atomic mass is 127. The van der Waals surface area contributed by atoms with Gasteiger partial charge in [0.15, 0.2) is 5.96 Å². The predicted octanol–water partition coefficient (Wildman–Crippen LogP) is 3.07. The molecule has 6 heteroatoms. The van der Waals surface area contributed by atoms with Gasteiger partial charge in [-0.2, -0.15) is 0 Å². The lowest BCUT2D eigenvalue weighted by molar-refractivity contribution is 0.179. The molecule has 1 aliphatic rings. The molecule has 3 N–H and O–H groups in total. The molecule has 0 aromatic heterocycles. The Morgan fingerprint density at radius 2 is 2.04 bits per heavy atom. The summed E-state index contributed by atoms with van der Waals surface area (Å²) in [5.41, 5.74) is 6.98. The van der Waals surface area contributed by atoms with E-state index in [1.165, 1.54) is 12.8 Å². The molecule has 2 rings (SSSR count). The average molecular weight is 433 g/mol. The van der Waals surface area contributed by atoms with Crippen molar-refractivity contribution in [2.45, 2.75) is 51.3 Å². The van der Waals surface area contributed by atoms with Gasteiger partial charge in [-0.25, -0.2) is 4.99 Å². The number of nitrogens with one attached hydrogen (secondary N) is 1. The maximum Gasteiger partial charge on any atom is 0.189 e. The van der Waals surface area contributed by atoms with E-state index < -0.39 is 0 Å². The van der Waals surface area contributed by atoms with Gasteiger partial charge < -0.3 is 20.5 Å². The van der Waals surface area contributed by atoms with Crippen molar-refractivity contribution in [3.8, 4) is 5.75 Å². The van der Waals surface area contributed by atoms with Gasteiger partial charge in [-0.15, -0.1) is 24.0 Å². The second-order valence-electron chi connectivity index (χ2n) is 5.83. The van der Waals surface area contributed by atoms with Crippen LogP contribution in [0.1, 0.15) is 38.2 Å². The van der Waals surface area contributed by atoms with E-state index in [0.29, 0.717) is 25.2 Å². The van der Waals surface area contributed by atoms with Crippen molar-refractivity contribution in [3.05, 3.63) is 29.8 Å². The van der Waals surface area contributed by atoms with E-state index in [4.69, 9.17) is 15.2 Å². The van der Waals surface area contributed by atoms with Gasteiger partial charge in [0.2, 0.25) is 0 Å². The van der Waals surface area contributed by atoms with Gasteiger partial charge in [0.25, 0.3) is 0 Å². The molecule has 1 atom stereocenters. The molecule has 1 saturated carbocycles. The molecule has 0 aliphatic heterocycles. The van der Waals surface area contributed by atoms with Crippen LogP contribution < -0.4 is 15.8 Å². The van der Waals surface area contributed by atoms with Crippen LogP contribution in [0.5, 0.6) is 5.75 Å². The number of rotatable bonds is 7. The number of hydrogen-bond donors (Lipinski definition) is 2. The van der Waals surface area contributed by atoms with Crippen LogP contribution in [0.2, 0.25) is 0 Å². The first-order valence-corrected chi connectivity index (χ1v) is 7.99. The highest BCUT2D eigenvalue weighted by Gasteiger charge is 2.17. The Bertz CT molecular complexity index is 490. The van der Waals surface area contributed by atoms with Gasteiger partial charge in [-0.3, -0.25) is 0 Å². The number of ether oxygens (including phenoxy) is 2. The molecule has 1 aliphatic carbocycles. The van der Waals surface area contributed by atoms with Gasteiger partial charge in [-0.1, -0.05) is 18.2 Å². The molecule has 0 saturated heterocycles. The van der Waals surface area contributed by atoms with Crippen molar-refractivity contribution in [2.24, 2.45) is 10.7 Å². The third-order valence-electron chi connectivity index (χ3n) is 3.80. The Morgan fingerprint density at radius 1 is 1.35 bits per heavy atom. The maximum atomic E-state index is 6.11. The number of aliphatic imine (C=N–C) groups is 1. The number of nitrogens with two attached hydrogens (primary N) is 1. The van der Waals surface area contributed by atoms with E-state index >= 15 is 0 Å². The van der Waals surface area contributed by atoms with E-state index in [2.05, 4.69) is 10.3 Å². The van der Waals surface area contributed by atoms with E-state index in [1.54, 1.807) is 7.11 Å². The fourth-order valence-corrected chi connectivity index (χ4v) is 2.70. The van der Waals surface area contributed by atoms with Gasteiger partial charge in [-0.05, 0) is 38.7 Å². The zero-order valence-corrected chi connectivity index (χ0v) is 16.3. The van der Waals surface area contributed by atoms with Crippen molar-refractivity contribution >= 4 is 29.9 Å². The molecule has 0 heterocycles. The van der Waals surface area contributed by atoms with Crippen molar-refractivity contribution in [3.63, 3.8) is 0 Å². The minimum Gasteiger partial charge on any atom is -0.490 e. The van der Waals surface area contributed by atoms with Crippen LogP contribution in [0.25, 0.3) is 0 Å². The molecule has 1 unspecified atom stereocenters. The van der Waals surface area contributed by atoms with Crippen molar-refractivity contribution in [1.82, 2.24) is 5.32 Å². The first kappa shape index (κ1) is 20.0. The molecule has 1 aromatic rings. The molecule has 5 nitrogen and oxygen atoms in total. The quantitative estimate of drug-likeness (QED) is 0.394. The molecule has 1 fully saturated rings. The number of benzene rings is 1. The van der Waals surface area contributed by atoms with Crippen molar-refractivity contribution < 1.29 is 9.47 Å². The Kier molecular flexibility index (Phi) is 9.31. The second kappa shape index (κ2) is 10.7. The summed E-state index contributed by atoms with van der Waals surface area (Å²) < 4.78 is 11.2. The number of para-hydroxylation sites is 1. The number of halogens is 1. The van der Waals surface area contributed by atoms with E-state index in [0.717, 1.165) is 24.2 Å². The molecule has 1 aromatic carbocycles. The van der Waals surface area contributed by atoms with E-state index in [1.807, 2.05) is 31.2 Å². The molecule has 0 radical (unpaired) electrons. The first-order chi connectivity index (χ1) is 10.7. The highest BCUT2D eigenvalue weighted by molar-refractivity contribution is 14.0. The van der Waals surface area contributed by atoms with Crippen LogP contribution in [-0.4, -0.2) is 31.8 Å². The molecular weight excluding hydrogens is 405 g/mol. The summed E-state index contributed by atoms with van der Waals surface area (Å²) in [6.07, 6.45) is 5.17. The topological polar surface area (TPSA) is 68.9 Å². The Morgan fingerprint density at radius 3 is 2.74 bits per heavy atom. The van der Waals surface area contributed by atoms with Crippen LogP contribution in [0.3, 0.4) is 0 Å². The maximum absolute atomic E-state index is 6.11. The van der Waals surface area contributed by atoms with E-state index in [9.17, 15) is 0 Å². The minimum atomic E-state index is 0. The zero-order valence-electron chi connectivity index (χ0n) is 14.0. The van der Waals surface area contributed by atoms with Gasteiger partial charge in [0.05, 0.1) is 19.3 Å². The third-order valence-corrected chi connectivity index (χ3v) is 3.80. The summed E-state index contributed by atoms with van der Waals surface area (Å²) in [5.74, 6) is 1.36. The van der Waals surface area contributed by atoms with Crippen LogP contribution in [0.4, 0.5) is 0 Å². The van der Waals surface area contributed by atoms with Crippen LogP contribution >= 0.6 is 24.0 Å². The monoisotopic (exact) mass is 433 g/mol.